The summed E-state index contributed by atoms with van der Waals surface area (Å²) in [7, 11) is 1.36. The van der Waals surface area contributed by atoms with Gasteiger partial charge in [-0.05, 0) is 13.0 Å². The molecule has 1 aromatic rings. The molecule has 0 heterocycles. The lowest BCUT2D eigenvalue weighted by molar-refractivity contribution is 0.385. The minimum Gasteiger partial charge on any atom is -0.492 e. The molecule has 0 aliphatic rings. The van der Waals surface area contributed by atoms with E-state index in [4.69, 9.17) is 27.9 Å². The Labute approximate surface area is 80.0 Å². The van der Waals surface area contributed by atoms with Gasteiger partial charge in [0, 0.05) is 10.6 Å². The molecule has 0 aliphatic carbocycles. The fourth-order valence-electron chi connectivity index (χ4n) is 0.852. The van der Waals surface area contributed by atoms with Crippen molar-refractivity contribution in [2.45, 2.75) is 6.92 Å². The second kappa shape index (κ2) is 3.50. The molecular formula is C8H7Cl2FO. The average Bonchev–Trinajstić information content (AvgIpc) is 2.01. The van der Waals surface area contributed by atoms with Crippen molar-refractivity contribution in [1.29, 1.82) is 0 Å². The van der Waals surface area contributed by atoms with E-state index >= 15 is 0 Å². The molecule has 4 heteroatoms. The standard InChI is InChI=1S/C8H7Cl2FO/c1-4-5(9)3-6(10)8(12-2)7(4)11/h3H,1-2H3. The van der Waals surface area contributed by atoms with E-state index in [2.05, 4.69) is 0 Å². The van der Waals surface area contributed by atoms with Gasteiger partial charge >= 0.3 is 0 Å². The first-order valence-corrected chi connectivity index (χ1v) is 4.01. The van der Waals surface area contributed by atoms with Gasteiger partial charge in [0.05, 0.1) is 12.1 Å². The Morgan fingerprint density at radius 3 is 2.42 bits per heavy atom. The third-order valence-corrected chi connectivity index (χ3v) is 2.23. The molecule has 0 aliphatic heterocycles. The summed E-state index contributed by atoms with van der Waals surface area (Å²) in [6, 6.07) is 1.46. The van der Waals surface area contributed by atoms with E-state index in [9.17, 15) is 4.39 Å². The van der Waals surface area contributed by atoms with Crippen LogP contribution in [0.3, 0.4) is 0 Å². The van der Waals surface area contributed by atoms with Gasteiger partial charge in [0.1, 0.15) is 0 Å². The van der Waals surface area contributed by atoms with Crippen molar-refractivity contribution >= 4 is 23.2 Å². The molecule has 1 rings (SSSR count). The van der Waals surface area contributed by atoms with Gasteiger partial charge in [-0.25, -0.2) is 4.39 Å². The molecule has 1 nitrogen and oxygen atoms in total. The smallest absolute Gasteiger partial charge is 0.173 e. The SMILES string of the molecule is COc1c(Cl)cc(Cl)c(C)c1F. The summed E-state index contributed by atoms with van der Waals surface area (Å²) in [5, 5.41) is 0.490. The van der Waals surface area contributed by atoms with Gasteiger partial charge in [0.15, 0.2) is 11.6 Å². The van der Waals surface area contributed by atoms with Crippen LogP contribution < -0.4 is 4.74 Å². The molecule has 0 aromatic heterocycles. The van der Waals surface area contributed by atoms with Crippen molar-refractivity contribution in [3.63, 3.8) is 0 Å². The van der Waals surface area contributed by atoms with E-state index in [1.165, 1.54) is 13.2 Å². The first kappa shape index (κ1) is 9.62. The van der Waals surface area contributed by atoms with Gasteiger partial charge in [-0.1, -0.05) is 23.2 Å². The van der Waals surface area contributed by atoms with E-state index in [0.717, 1.165) is 0 Å². The predicted octanol–water partition coefficient (Wildman–Crippen LogP) is 3.45. The molecule has 1 aromatic carbocycles. The third-order valence-electron chi connectivity index (χ3n) is 1.56. The summed E-state index contributed by atoms with van der Waals surface area (Å²) in [4.78, 5) is 0. The Balaban J connectivity index is 3.40. The maximum absolute atomic E-state index is 13.2. The highest BCUT2D eigenvalue weighted by Gasteiger charge is 2.13. The zero-order valence-corrected chi connectivity index (χ0v) is 8.13. The zero-order valence-electron chi connectivity index (χ0n) is 6.62. The first-order chi connectivity index (χ1) is 5.57. The quantitative estimate of drug-likeness (QED) is 0.688. The summed E-state index contributed by atoms with van der Waals surface area (Å²) in [5.74, 6) is -0.464. The van der Waals surface area contributed by atoms with Crippen molar-refractivity contribution < 1.29 is 9.13 Å². The molecule has 0 radical (unpaired) electrons. The van der Waals surface area contributed by atoms with Crippen molar-refractivity contribution in [2.24, 2.45) is 0 Å². The van der Waals surface area contributed by atoms with E-state index in [-0.39, 0.29) is 10.8 Å². The number of rotatable bonds is 1. The summed E-state index contributed by atoms with van der Waals surface area (Å²) in [6.45, 7) is 1.57. The molecule has 12 heavy (non-hydrogen) atoms. The average molecular weight is 209 g/mol. The summed E-state index contributed by atoms with van der Waals surface area (Å²) in [6.07, 6.45) is 0. The first-order valence-electron chi connectivity index (χ1n) is 3.26. The van der Waals surface area contributed by atoms with Crippen LogP contribution in [0.4, 0.5) is 4.39 Å². The summed E-state index contributed by atoms with van der Waals surface area (Å²) < 4.78 is 18.0. The normalized spacial score (nSPS) is 10.1. The number of hydrogen-bond acceptors (Lipinski definition) is 1. The Morgan fingerprint density at radius 1 is 1.33 bits per heavy atom. The van der Waals surface area contributed by atoms with Crippen molar-refractivity contribution in [2.75, 3.05) is 7.11 Å². The van der Waals surface area contributed by atoms with Gasteiger partial charge in [-0.15, -0.1) is 0 Å². The minimum absolute atomic E-state index is 0.0403. The minimum atomic E-state index is -0.505. The van der Waals surface area contributed by atoms with Crippen LogP contribution in [0.2, 0.25) is 10.0 Å². The fourth-order valence-corrected chi connectivity index (χ4v) is 1.37. The van der Waals surface area contributed by atoms with Crippen LogP contribution in [0.5, 0.6) is 5.75 Å². The Morgan fingerprint density at radius 2 is 1.92 bits per heavy atom. The lowest BCUT2D eigenvalue weighted by Gasteiger charge is -2.07. The van der Waals surface area contributed by atoms with Crippen molar-refractivity contribution in [3.05, 3.63) is 27.5 Å². The Kier molecular flexibility index (Phi) is 2.80. The highest BCUT2D eigenvalue weighted by Crippen LogP contribution is 2.33. The molecule has 0 bridgehead atoms. The Hall–Kier alpha value is -0.470. The molecule has 0 N–H and O–H groups in total. The summed E-state index contributed by atoms with van der Waals surface area (Å²) in [5.41, 5.74) is 0.345. The van der Waals surface area contributed by atoms with Crippen molar-refractivity contribution in [3.8, 4) is 5.75 Å². The van der Waals surface area contributed by atoms with Crippen LogP contribution in [0.15, 0.2) is 6.07 Å². The molecule has 66 valence electrons. The van der Waals surface area contributed by atoms with Crippen LogP contribution in [-0.2, 0) is 0 Å². The molecule has 0 spiro atoms. The van der Waals surface area contributed by atoms with Gasteiger partial charge in [-0.2, -0.15) is 0 Å². The van der Waals surface area contributed by atoms with E-state index in [1.807, 2.05) is 0 Å². The molecular weight excluding hydrogens is 202 g/mol. The Bertz CT molecular complexity index is 312. The van der Waals surface area contributed by atoms with E-state index in [0.29, 0.717) is 10.6 Å². The lowest BCUT2D eigenvalue weighted by Crippen LogP contribution is -1.92. The number of methoxy groups -OCH3 is 1. The van der Waals surface area contributed by atoms with Crippen LogP contribution in [0.25, 0.3) is 0 Å². The monoisotopic (exact) mass is 208 g/mol. The molecule has 0 atom stereocenters. The van der Waals surface area contributed by atoms with Gasteiger partial charge < -0.3 is 4.74 Å². The van der Waals surface area contributed by atoms with Gasteiger partial charge in [-0.3, -0.25) is 0 Å². The fraction of sp³-hybridized carbons (Fsp3) is 0.250. The number of hydrogen-bond donors (Lipinski definition) is 0. The zero-order chi connectivity index (χ0) is 9.30. The van der Waals surface area contributed by atoms with Gasteiger partial charge in [0.25, 0.3) is 0 Å². The third kappa shape index (κ3) is 1.50. The largest absolute Gasteiger partial charge is 0.492 e. The second-order valence-corrected chi connectivity index (χ2v) is 3.13. The lowest BCUT2D eigenvalue weighted by atomic mass is 10.2. The summed E-state index contributed by atoms with van der Waals surface area (Å²) >= 11 is 11.3. The molecule has 0 amide bonds. The van der Waals surface area contributed by atoms with Crippen LogP contribution >= 0.6 is 23.2 Å². The van der Waals surface area contributed by atoms with Crippen LogP contribution in [0.1, 0.15) is 5.56 Å². The topological polar surface area (TPSA) is 9.23 Å². The predicted molar refractivity (Wildman–Crippen MR) is 47.7 cm³/mol. The molecule has 0 saturated heterocycles. The molecule has 0 unspecified atom stereocenters. The van der Waals surface area contributed by atoms with Gasteiger partial charge in [0.2, 0.25) is 0 Å². The van der Waals surface area contributed by atoms with E-state index in [1.54, 1.807) is 6.92 Å². The highest BCUT2D eigenvalue weighted by atomic mass is 35.5. The second-order valence-electron chi connectivity index (χ2n) is 2.31. The highest BCUT2D eigenvalue weighted by molar-refractivity contribution is 6.36. The number of ether oxygens (including phenoxy) is 1. The van der Waals surface area contributed by atoms with Crippen molar-refractivity contribution in [1.82, 2.24) is 0 Å². The number of halogens is 3. The molecule has 0 fully saturated rings. The maximum atomic E-state index is 13.2. The van der Waals surface area contributed by atoms with E-state index < -0.39 is 5.82 Å². The van der Waals surface area contributed by atoms with Crippen LogP contribution in [-0.4, -0.2) is 7.11 Å². The maximum Gasteiger partial charge on any atom is 0.173 e. The number of benzene rings is 1. The molecule has 0 saturated carbocycles. The van der Waals surface area contributed by atoms with Crippen LogP contribution in [0, 0.1) is 12.7 Å².